The second kappa shape index (κ2) is 6.43. The molecule has 0 radical (unpaired) electrons. The van der Waals surface area contributed by atoms with E-state index in [4.69, 9.17) is 10.5 Å². The van der Waals surface area contributed by atoms with Gasteiger partial charge in [-0.1, -0.05) is 0 Å². The van der Waals surface area contributed by atoms with E-state index >= 15 is 0 Å². The van der Waals surface area contributed by atoms with Crippen LogP contribution in [0.4, 0.5) is 5.69 Å². The summed E-state index contributed by atoms with van der Waals surface area (Å²) in [6, 6.07) is 6.74. The number of aliphatic hydroxyl groups is 1. The van der Waals surface area contributed by atoms with Crippen molar-refractivity contribution in [1.29, 1.82) is 0 Å². The largest absolute Gasteiger partial charge is 0.492 e. The second-order valence-electron chi connectivity index (χ2n) is 5.17. The number of likely N-dealkylation sites (N-methyl/N-ethyl adjacent to an activating group) is 1. The summed E-state index contributed by atoms with van der Waals surface area (Å²) in [4.78, 5) is 0. The van der Waals surface area contributed by atoms with Crippen molar-refractivity contribution >= 4 is 15.7 Å². The van der Waals surface area contributed by atoms with E-state index < -0.39 is 15.6 Å². The van der Waals surface area contributed by atoms with Crippen molar-refractivity contribution in [2.75, 3.05) is 31.7 Å². The molecule has 0 saturated heterocycles. The Morgan fingerprint density at radius 3 is 2.35 bits per heavy atom. The molecule has 6 nitrogen and oxygen atoms in total. The van der Waals surface area contributed by atoms with E-state index in [1.54, 1.807) is 38.1 Å². The number of anilines is 1. The Morgan fingerprint density at radius 2 is 1.85 bits per heavy atom. The summed E-state index contributed by atoms with van der Waals surface area (Å²) in [7, 11) is -2.03. The van der Waals surface area contributed by atoms with E-state index in [0.29, 0.717) is 11.4 Å². The van der Waals surface area contributed by atoms with E-state index in [1.165, 1.54) is 11.4 Å². The van der Waals surface area contributed by atoms with Gasteiger partial charge in [0.15, 0.2) is 0 Å². The highest BCUT2D eigenvalue weighted by molar-refractivity contribution is 7.89. The first kappa shape index (κ1) is 16.7. The van der Waals surface area contributed by atoms with Gasteiger partial charge in [-0.3, -0.25) is 0 Å². The van der Waals surface area contributed by atoms with Gasteiger partial charge in [0, 0.05) is 12.7 Å². The highest BCUT2D eigenvalue weighted by atomic mass is 32.2. The lowest BCUT2D eigenvalue weighted by atomic mass is 10.1. The molecule has 0 unspecified atom stereocenters. The Morgan fingerprint density at radius 1 is 1.30 bits per heavy atom. The standard InChI is InChI=1S/C13H22N2O4S/c1-13(2,10-16)15(3)20(17,18)9-8-19-12-6-4-11(14)5-7-12/h4-7,16H,8-10,14H2,1-3H3. The number of aliphatic hydroxyl groups excluding tert-OH is 1. The van der Waals surface area contributed by atoms with Crippen molar-refractivity contribution in [1.82, 2.24) is 4.31 Å². The summed E-state index contributed by atoms with van der Waals surface area (Å²) < 4.78 is 30.7. The summed E-state index contributed by atoms with van der Waals surface area (Å²) in [5.74, 6) is 0.413. The summed E-state index contributed by atoms with van der Waals surface area (Å²) in [6.45, 7) is 3.11. The average Bonchev–Trinajstić information content (AvgIpc) is 2.40. The van der Waals surface area contributed by atoms with Gasteiger partial charge in [0.2, 0.25) is 10.0 Å². The van der Waals surface area contributed by atoms with Crippen LogP contribution in [0.25, 0.3) is 0 Å². The van der Waals surface area contributed by atoms with Crippen molar-refractivity contribution in [3.05, 3.63) is 24.3 Å². The maximum absolute atomic E-state index is 12.1. The predicted octanol–water partition coefficient (Wildman–Crippen LogP) is 0.680. The minimum atomic E-state index is -3.48. The van der Waals surface area contributed by atoms with Crippen LogP contribution in [0.15, 0.2) is 24.3 Å². The van der Waals surface area contributed by atoms with Crippen LogP contribution in [0.2, 0.25) is 0 Å². The summed E-state index contributed by atoms with van der Waals surface area (Å²) >= 11 is 0. The predicted molar refractivity (Wildman–Crippen MR) is 79.1 cm³/mol. The van der Waals surface area contributed by atoms with Crippen LogP contribution in [-0.4, -0.2) is 49.4 Å². The fourth-order valence-electron chi connectivity index (χ4n) is 1.44. The number of nitrogens with zero attached hydrogens (tertiary/aromatic N) is 1. The van der Waals surface area contributed by atoms with Crippen LogP contribution in [0.3, 0.4) is 0 Å². The number of ether oxygens (including phenoxy) is 1. The Labute approximate surface area is 120 Å². The molecule has 0 aliphatic heterocycles. The number of hydrogen-bond donors (Lipinski definition) is 2. The zero-order valence-electron chi connectivity index (χ0n) is 12.0. The SMILES string of the molecule is CN(C(C)(C)CO)S(=O)(=O)CCOc1ccc(N)cc1. The van der Waals surface area contributed by atoms with Gasteiger partial charge in [-0.2, -0.15) is 4.31 Å². The molecule has 7 heteroatoms. The molecule has 114 valence electrons. The molecule has 0 fully saturated rings. The fraction of sp³-hybridized carbons (Fsp3) is 0.538. The number of rotatable bonds is 7. The molecule has 0 bridgehead atoms. The molecule has 0 heterocycles. The third-order valence-electron chi connectivity index (χ3n) is 3.15. The van der Waals surface area contributed by atoms with E-state index in [9.17, 15) is 13.5 Å². The lowest BCUT2D eigenvalue weighted by Crippen LogP contribution is -2.48. The zero-order valence-corrected chi connectivity index (χ0v) is 12.9. The van der Waals surface area contributed by atoms with Gasteiger partial charge in [-0.05, 0) is 38.1 Å². The molecule has 1 aromatic carbocycles. The van der Waals surface area contributed by atoms with Crippen molar-refractivity contribution in [3.8, 4) is 5.75 Å². The number of nitrogen functional groups attached to an aromatic ring is 1. The van der Waals surface area contributed by atoms with Gasteiger partial charge >= 0.3 is 0 Å². The van der Waals surface area contributed by atoms with E-state index in [2.05, 4.69) is 0 Å². The minimum Gasteiger partial charge on any atom is -0.492 e. The van der Waals surface area contributed by atoms with Crippen LogP contribution in [0, 0.1) is 0 Å². The van der Waals surface area contributed by atoms with Gasteiger partial charge < -0.3 is 15.6 Å². The molecule has 0 amide bonds. The Kier molecular flexibility index (Phi) is 5.38. The number of sulfonamides is 1. The monoisotopic (exact) mass is 302 g/mol. The molecule has 1 aromatic rings. The lowest BCUT2D eigenvalue weighted by molar-refractivity contribution is 0.137. The second-order valence-corrected chi connectivity index (χ2v) is 7.29. The first-order valence-electron chi connectivity index (χ1n) is 6.25. The van der Waals surface area contributed by atoms with Crippen LogP contribution in [0.5, 0.6) is 5.75 Å². The normalized spacial score (nSPS) is 12.7. The van der Waals surface area contributed by atoms with Crippen molar-refractivity contribution in [2.45, 2.75) is 19.4 Å². The summed E-state index contributed by atoms with van der Waals surface area (Å²) in [5.41, 5.74) is 5.33. The average molecular weight is 302 g/mol. The van der Waals surface area contributed by atoms with Gasteiger partial charge in [0.05, 0.1) is 17.9 Å². The molecule has 3 N–H and O–H groups in total. The number of benzene rings is 1. The molecule has 20 heavy (non-hydrogen) atoms. The van der Waals surface area contributed by atoms with Crippen LogP contribution in [-0.2, 0) is 10.0 Å². The molecule has 0 atom stereocenters. The smallest absolute Gasteiger partial charge is 0.217 e. The molecule has 0 aromatic heterocycles. The molecular formula is C13H22N2O4S. The third-order valence-corrected chi connectivity index (χ3v) is 5.16. The van der Waals surface area contributed by atoms with Crippen molar-refractivity contribution < 1.29 is 18.3 Å². The quantitative estimate of drug-likeness (QED) is 0.723. The first-order valence-corrected chi connectivity index (χ1v) is 7.86. The van der Waals surface area contributed by atoms with E-state index in [-0.39, 0.29) is 19.0 Å². The fourth-order valence-corrected chi connectivity index (χ4v) is 2.82. The zero-order chi connectivity index (χ0) is 15.4. The first-order chi connectivity index (χ1) is 9.19. The molecule has 0 spiro atoms. The van der Waals surface area contributed by atoms with E-state index in [1.807, 2.05) is 0 Å². The van der Waals surface area contributed by atoms with Crippen molar-refractivity contribution in [2.24, 2.45) is 0 Å². The molecule has 1 rings (SSSR count). The minimum absolute atomic E-state index is 0.0398. The van der Waals surface area contributed by atoms with Crippen LogP contribution in [0.1, 0.15) is 13.8 Å². The third kappa shape index (κ3) is 4.36. The van der Waals surface area contributed by atoms with Crippen LogP contribution >= 0.6 is 0 Å². The Bertz CT molecular complexity index is 526. The molecule has 0 saturated carbocycles. The van der Waals surface area contributed by atoms with Gasteiger partial charge in [0.1, 0.15) is 12.4 Å². The van der Waals surface area contributed by atoms with Crippen molar-refractivity contribution in [3.63, 3.8) is 0 Å². The maximum atomic E-state index is 12.1. The number of hydrogen-bond acceptors (Lipinski definition) is 5. The van der Waals surface area contributed by atoms with Gasteiger partial charge in [-0.25, -0.2) is 8.42 Å². The van der Waals surface area contributed by atoms with Gasteiger partial charge in [0.25, 0.3) is 0 Å². The highest BCUT2D eigenvalue weighted by Gasteiger charge is 2.32. The molecular weight excluding hydrogens is 280 g/mol. The van der Waals surface area contributed by atoms with Gasteiger partial charge in [-0.15, -0.1) is 0 Å². The van der Waals surface area contributed by atoms with E-state index in [0.717, 1.165) is 0 Å². The molecule has 0 aliphatic carbocycles. The summed E-state index contributed by atoms with van der Waals surface area (Å²) in [5, 5.41) is 9.21. The Balaban J connectivity index is 2.58. The topological polar surface area (TPSA) is 92.9 Å². The highest BCUT2D eigenvalue weighted by Crippen LogP contribution is 2.17. The van der Waals surface area contributed by atoms with Crippen LogP contribution < -0.4 is 10.5 Å². The molecule has 0 aliphatic rings. The summed E-state index contributed by atoms with van der Waals surface area (Å²) in [6.07, 6.45) is 0. The maximum Gasteiger partial charge on any atom is 0.217 e. The Hall–Kier alpha value is -1.31. The number of nitrogens with two attached hydrogens (primary N) is 1. The lowest BCUT2D eigenvalue weighted by Gasteiger charge is -2.32.